The highest BCUT2D eigenvalue weighted by Gasteiger charge is 2.54. The van der Waals surface area contributed by atoms with Gasteiger partial charge in [0.2, 0.25) is 0 Å². The Labute approximate surface area is 173 Å². The van der Waals surface area contributed by atoms with Crippen LogP contribution >= 0.6 is 22.6 Å². The second kappa shape index (κ2) is 7.72. The van der Waals surface area contributed by atoms with E-state index < -0.39 is 11.3 Å². The summed E-state index contributed by atoms with van der Waals surface area (Å²) in [4.78, 5) is 2.31. The smallest absolute Gasteiger partial charge is 0.191 e. The zero-order valence-corrected chi connectivity index (χ0v) is 17.3. The first-order chi connectivity index (χ1) is 13.0. The zero-order valence-electron chi connectivity index (χ0n) is 15.1. The summed E-state index contributed by atoms with van der Waals surface area (Å²) < 4.78 is 0.996. The molecule has 3 rings (SSSR count). The second-order valence-corrected chi connectivity index (χ2v) is 8.12. The predicted octanol–water partition coefficient (Wildman–Crippen LogP) is 3.43. The van der Waals surface area contributed by atoms with Crippen molar-refractivity contribution in [3.63, 3.8) is 0 Å². The van der Waals surface area contributed by atoms with Crippen molar-refractivity contribution in [2.75, 3.05) is 19.6 Å². The third kappa shape index (κ3) is 3.02. The highest BCUT2D eigenvalue weighted by atomic mass is 127. The van der Waals surface area contributed by atoms with Gasteiger partial charge in [0.25, 0.3) is 0 Å². The van der Waals surface area contributed by atoms with E-state index in [1.54, 1.807) is 0 Å². The molecule has 2 atom stereocenters. The van der Waals surface area contributed by atoms with Crippen molar-refractivity contribution in [2.24, 2.45) is 17.1 Å². The minimum Gasteiger partial charge on any atom is -0.399 e. The molecule has 6 heteroatoms. The minimum atomic E-state index is -1.55. The van der Waals surface area contributed by atoms with E-state index in [4.69, 9.17) is 5.73 Å². The fraction of sp³-hybridized carbons (Fsp3) is 0.381. The van der Waals surface area contributed by atoms with E-state index in [0.29, 0.717) is 12.1 Å². The Hall–Kier alpha value is -2.34. The molecular weight excluding hydrogens is 449 g/mol. The average Bonchev–Trinajstić information content (AvgIpc) is 2.68. The number of hydrogen-bond donors (Lipinski definition) is 1. The molecule has 1 aromatic rings. The molecule has 136 valence electrons. The van der Waals surface area contributed by atoms with Crippen LogP contribution in [0.5, 0.6) is 0 Å². The lowest BCUT2D eigenvalue weighted by atomic mass is 9.58. The van der Waals surface area contributed by atoms with Gasteiger partial charge in [-0.15, -0.1) is 0 Å². The standard InChI is InChI=1S/C21H20IN5/c1-2-8-27-9-7-14-16(10-23)20(26)21(12-24,13-25)19(17(14)11-27)15-5-3-4-6-18(15)22/h3-7,17,19H,2,8-9,11,26H2,1H3/t17-,19+/m0/s1. The molecule has 0 fully saturated rings. The van der Waals surface area contributed by atoms with E-state index in [2.05, 4.69) is 58.7 Å². The highest BCUT2D eigenvalue weighted by molar-refractivity contribution is 14.1. The summed E-state index contributed by atoms with van der Waals surface area (Å²) in [6.07, 6.45) is 3.07. The van der Waals surface area contributed by atoms with Crippen LogP contribution in [0.4, 0.5) is 0 Å². The number of nitrogens with two attached hydrogens (primary N) is 1. The molecule has 1 aliphatic heterocycles. The molecule has 0 aromatic heterocycles. The van der Waals surface area contributed by atoms with Crippen molar-refractivity contribution < 1.29 is 0 Å². The fourth-order valence-electron chi connectivity index (χ4n) is 4.31. The SMILES string of the molecule is CCCN1CC=C2C(C#N)=C(N)C(C#N)(C#N)[C@H](c3ccccc3I)[C@H]2C1. The fourth-order valence-corrected chi connectivity index (χ4v) is 5.03. The van der Waals surface area contributed by atoms with Crippen LogP contribution < -0.4 is 5.73 Å². The van der Waals surface area contributed by atoms with Crippen LogP contribution in [-0.4, -0.2) is 24.5 Å². The first-order valence-electron chi connectivity index (χ1n) is 8.94. The molecular formula is C21H20IN5. The van der Waals surface area contributed by atoms with Crippen LogP contribution in [0.3, 0.4) is 0 Å². The van der Waals surface area contributed by atoms with Gasteiger partial charge in [-0.2, -0.15) is 15.8 Å². The van der Waals surface area contributed by atoms with E-state index in [1.165, 1.54) is 0 Å². The number of nitrogens with zero attached hydrogens (tertiary/aromatic N) is 4. The summed E-state index contributed by atoms with van der Waals surface area (Å²) in [6, 6.07) is 14.4. The third-order valence-electron chi connectivity index (χ3n) is 5.52. The normalized spacial score (nSPS) is 24.2. The lowest BCUT2D eigenvalue weighted by molar-refractivity contribution is 0.207. The van der Waals surface area contributed by atoms with Crippen LogP contribution in [0.25, 0.3) is 0 Å². The molecule has 0 unspecified atom stereocenters. The Morgan fingerprint density at radius 3 is 2.56 bits per heavy atom. The Morgan fingerprint density at radius 2 is 1.96 bits per heavy atom. The van der Waals surface area contributed by atoms with Gasteiger partial charge < -0.3 is 5.73 Å². The van der Waals surface area contributed by atoms with Gasteiger partial charge in [0.1, 0.15) is 6.07 Å². The molecule has 0 spiro atoms. The molecule has 0 amide bonds. The first-order valence-corrected chi connectivity index (χ1v) is 10.0. The molecule has 0 bridgehead atoms. The van der Waals surface area contributed by atoms with Crippen molar-refractivity contribution in [3.05, 3.63) is 56.3 Å². The molecule has 1 aliphatic carbocycles. The number of hydrogen-bond acceptors (Lipinski definition) is 5. The molecule has 0 saturated carbocycles. The van der Waals surface area contributed by atoms with Crippen LogP contribution in [0.1, 0.15) is 24.8 Å². The molecule has 2 aliphatic rings. The summed E-state index contributed by atoms with van der Waals surface area (Å²) in [6.45, 7) is 4.53. The van der Waals surface area contributed by atoms with Crippen molar-refractivity contribution >= 4 is 22.6 Å². The molecule has 2 N–H and O–H groups in total. The van der Waals surface area contributed by atoms with Crippen LogP contribution in [-0.2, 0) is 0 Å². The lowest BCUT2D eigenvalue weighted by Crippen LogP contribution is -2.48. The average molecular weight is 469 g/mol. The summed E-state index contributed by atoms with van der Waals surface area (Å²) in [5.74, 6) is -0.536. The van der Waals surface area contributed by atoms with Gasteiger partial charge in [-0.25, -0.2) is 0 Å². The van der Waals surface area contributed by atoms with E-state index in [-0.39, 0.29) is 11.6 Å². The quantitative estimate of drug-likeness (QED) is 0.684. The first kappa shape index (κ1) is 19.4. The maximum atomic E-state index is 10.1. The van der Waals surface area contributed by atoms with E-state index >= 15 is 0 Å². The monoisotopic (exact) mass is 469 g/mol. The van der Waals surface area contributed by atoms with Gasteiger partial charge in [-0.1, -0.05) is 31.2 Å². The molecule has 27 heavy (non-hydrogen) atoms. The zero-order chi connectivity index (χ0) is 19.6. The molecule has 5 nitrogen and oxygen atoms in total. The third-order valence-corrected chi connectivity index (χ3v) is 6.50. The molecule has 1 heterocycles. The van der Waals surface area contributed by atoms with Crippen molar-refractivity contribution in [3.8, 4) is 18.2 Å². The summed E-state index contributed by atoms with van der Waals surface area (Å²) in [5, 5.41) is 29.9. The second-order valence-electron chi connectivity index (χ2n) is 6.96. The molecule has 0 radical (unpaired) electrons. The summed E-state index contributed by atoms with van der Waals surface area (Å²) >= 11 is 2.25. The minimum absolute atomic E-state index is 0.0890. The van der Waals surface area contributed by atoms with Crippen molar-refractivity contribution in [2.45, 2.75) is 19.3 Å². The number of halogens is 1. The van der Waals surface area contributed by atoms with Crippen molar-refractivity contribution in [1.29, 1.82) is 15.8 Å². The maximum absolute atomic E-state index is 10.1. The molecule has 1 aromatic carbocycles. The number of nitriles is 3. The maximum Gasteiger partial charge on any atom is 0.191 e. The van der Waals surface area contributed by atoms with Crippen LogP contribution in [0.15, 0.2) is 47.2 Å². The van der Waals surface area contributed by atoms with Gasteiger partial charge in [0.15, 0.2) is 5.41 Å². The van der Waals surface area contributed by atoms with Gasteiger partial charge in [0.05, 0.1) is 23.4 Å². The van der Waals surface area contributed by atoms with E-state index in [1.807, 2.05) is 24.3 Å². The number of rotatable bonds is 3. The molecule has 0 saturated heterocycles. The number of fused-ring (bicyclic) bond motifs is 1. The van der Waals surface area contributed by atoms with Gasteiger partial charge >= 0.3 is 0 Å². The lowest BCUT2D eigenvalue weighted by Gasteiger charge is -2.45. The van der Waals surface area contributed by atoms with E-state index in [9.17, 15) is 15.8 Å². The van der Waals surface area contributed by atoms with Gasteiger partial charge in [-0.05, 0) is 52.8 Å². The summed E-state index contributed by atoms with van der Waals surface area (Å²) in [7, 11) is 0. The van der Waals surface area contributed by atoms with Crippen LogP contribution in [0, 0.1) is 48.9 Å². The predicted molar refractivity (Wildman–Crippen MR) is 111 cm³/mol. The Morgan fingerprint density at radius 1 is 1.26 bits per heavy atom. The van der Waals surface area contributed by atoms with Crippen LogP contribution in [0.2, 0.25) is 0 Å². The number of benzene rings is 1. The number of allylic oxidation sites excluding steroid dienone is 2. The largest absolute Gasteiger partial charge is 0.399 e. The van der Waals surface area contributed by atoms with Crippen molar-refractivity contribution in [1.82, 2.24) is 4.90 Å². The topological polar surface area (TPSA) is 101 Å². The summed E-state index contributed by atoms with van der Waals surface area (Å²) in [5.41, 5.74) is 6.99. The Kier molecular flexibility index (Phi) is 5.56. The van der Waals surface area contributed by atoms with Gasteiger partial charge in [0, 0.05) is 28.5 Å². The highest BCUT2D eigenvalue weighted by Crippen LogP contribution is 2.54. The van der Waals surface area contributed by atoms with Gasteiger partial charge in [-0.3, -0.25) is 4.90 Å². The Bertz CT molecular complexity index is 927. The Balaban J connectivity index is 2.30. The van der Waals surface area contributed by atoms with E-state index in [0.717, 1.165) is 34.2 Å².